The van der Waals surface area contributed by atoms with Gasteiger partial charge in [0.15, 0.2) is 11.5 Å². The van der Waals surface area contributed by atoms with Crippen molar-refractivity contribution in [2.75, 3.05) is 12.4 Å². The number of aromatic nitrogens is 4. The highest BCUT2D eigenvalue weighted by Crippen LogP contribution is 2.36. The van der Waals surface area contributed by atoms with Crippen LogP contribution >= 0.6 is 0 Å². The Morgan fingerprint density at radius 1 is 1.03 bits per heavy atom. The van der Waals surface area contributed by atoms with E-state index in [0.717, 1.165) is 11.6 Å². The Morgan fingerprint density at radius 3 is 2.44 bits per heavy atom. The van der Waals surface area contributed by atoms with Crippen molar-refractivity contribution in [1.29, 1.82) is 0 Å². The van der Waals surface area contributed by atoms with Crippen molar-refractivity contribution >= 4 is 28.3 Å². The number of nitrogens with zero attached hydrogens (tertiary/aromatic N) is 4. The number of ether oxygens (including phenoxy) is 1. The number of alkyl halides is 3. The summed E-state index contributed by atoms with van der Waals surface area (Å²) in [4.78, 5) is 29.2. The van der Waals surface area contributed by atoms with Crippen LogP contribution in [0.2, 0.25) is 0 Å². The Morgan fingerprint density at radius 2 is 1.78 bits per heavy atom. The molecule has 0 spiro atoms. The molecule has 4 rings (SSSR count). The van der Waals surface area contributed by atoms with E-state index in [-0.39, 0.29) is 35.3 Å². The van der Waals surface area contributed by atoms with Crippen LogP contribution in [0.25, 0.3) is 22.4 Å². The fraction of sp³-hybridized carbons (Fsp3) is 0.269. The van der Waals surface area contributed by atoms with Gasteiger partial charge in [-0.05, 0) is 42.0 Å². The first-order chi connectivity index (χ1) is 17.2. The SMILES string of the molecule is COCc1nc(Nc2ccc(CC(=O)C(C)C)cc2)c2ccc(-c3ncccc3C(F)(F)F)nc2n1. The highest BCUT2D eigenvalue weighted by atomic mass is 19.4. The molecule has 0 radical (unpaired) electrons. The molecule has 0 saturated carbocycles. The largest absolute Gasteiger partial charge is 0.418 e. The van der Waals surface area contributed by atoms with Crippen LogP contribution in [0.4, 0.5) is 24.7 Å². The van der Waals surface area contributed by atoms with Gasteiger partial charge in [-0.25, -0.2) is 15.0 Å². The van der Waals surface area contributed by atoms with Gasteiger partial charge in [-0.2, -0.15) is 13.2 Å². The zero-order chi connectivity index (χ0) is 25.9. The topological polar surface area (TPSA) is 89.9 Å². The molecule has 7 nitrogen and oxygen atoms in total. The molecule has 0 aliphatic heterocycles. The minimum atomic E-state index is -4.58. The molecule has 3 heterocycles. The summed E-state index contributed by atoms with van der Waals surface area (Å²) in [7, 11) is 1.49. The average Bonchev–Trinajstić information content (AvgIpc) is 2.84. The second kappa shape index (κ2) is 10.4. The van der Waals surface area contributed by atoms with Gasteiger partial charge in [-0.3, -0.25) is 9.78 Å². The fourth-order valence-corrected chi connectivity index (χ4v) is 3.56. The number of hydrogen-bond donors (Lipinski definition) is 1. The van der Waals surface area contributed by atoms with Gasteiger partial charge in [0.05, 0.1) is 16.6 Å². The van der Waals surface area contributed by atoms with Crippen molar-refractivity contribution in [1.82, 2.24) is 19.9 Å². The number of ketones is 1. The van der Waals surface area contributed by atoms with E-state index in [2.05, 4.69) is 25.3 Å². The lowest BCUT2D eigenvalue weighted by atomic mass is 10.0. The number of methoxy groups -OCH3 is 1. The van der Waals surface area contributed by atoms with Gasteiger partial charge >= 0.3 is 6.18 Å². The second-order valence-electron chi connectivity index (χ2n) is 8.51. The maximum atomic E-state index is 13.5. The van der Waals surface area contributed by atoms with Crippen LogP contribution in [-0.4, -0.2) is 32.8 Å². The molecule has 10 heteroatoms. The molecule has 36 heavy (non-hydrogen) atoms. The summed E-state index contributed by atoms with van der Waals surface area (Å²) in [5.41, 5.74) is 0.705. The molecule has 3 aromatic heterocycles. The summed E-state index contributed by atoms with van der Waals surface area (Å²) in [6.45, 7) is 3.82. The number of nitrogens with one attached hydrogen (secondary N) is 1. The second-order valence-corrected chi connectivity index (χ2v) is 8.51. The number of fused-ring (bicyclic) bond motifs is 1. The molecular formula is C26H24F3N5O2. The van der Waals surface area contributed by atoms with Gasteiger partial charge < -0.3 is 10.1 Å². The molecule has 0 aliphatic rings. The van der Waals surface area contributed by atoms with Crippen LogP contribution in [-0.2, 0) is 28.7 Å². The van der Waals surface area contributed by atoms with E-state index in [1.165, 1.54) is 25.4 Å². The lowest BCUT2D eigenvalue weighted by molar-refractivity contribution is -0.137. The first-order valence-electron chi connectivity index (χ1n) is 11.2. The standard InChI is InChI=1S/C26H24F3N5O2/c1-15(2)21(35)13-16-6-8-17(9-7-16)31-24-18-10-11-20(32-25(18)34-22(33-24)14-36-3)23-19(26(27,28)29)5-4-12-30-23/h4-12,15H,13-14H2,1-3H3,(H,31,32,33,34). The molecule has 0 bridgehead atoms. The van der Waals surface area contributed by atoms with Gasteiger partial charge in [-0.15, -0.1) is 0 Å². The van der Waals surface area contributed by atoms with E-state index in [0.29, 0.717) is 29.1 Å². The fourth-order valence-electron chi connectivity index (χ4n) is 3.56. The minimum Gasteiger partial charge on any atom is -0.377 e. The molecule has 186 valence electrons. The van der Waals surface area contributed by atoms with Crippen LogP contribution in [0.5, 0.6) is 0 Å². The van der Waals surface area contributed by atoms with Gasteiger partial charge in [0.2, 0.25) is 0 Å². The molecule has 4 aromatic rings. The number of hydrogen-bond acceptors (Lipinski definition) is 7. The predicted octanol–water partition coefficient (Wildman–Crippen LogP) is 5.76. The van der Waals surface area contributed by atoms with Gasteiger partial charge in [-0.1, -0.05) is 26.0 Å². The maximum Gasteiger partial charge on any atom is 0.418 e. The highest BCUT2D eigenvalue weighted by Gasteiger charge is 2.34. The molecule has 0 saturated heterocycles. The van der Waals surface area contributed by atoms with E-state index in [4.69, 9.17) is 4.74 Å². The van der Waals surface area contributed by atoms with Crippen molar-refractivity contribution in [2.24, 2.45) is 5.92 Å². The number of halogens is 3. The average molecular weight is 496 g/mol. The number of carbonyl (C=O) groups excluding carboxylic acids is 1. The highest BCUT2D eigenvalue weighted by molar-refractivity contribution is 5.90. The Labute approximate surface area is 205 Å². The summed E-state index contributed by atoms with van der Waals surface area (Å²) in [6, 6.07) is 12.7. The van der Waals surface area contributed by atoms with Crippen LogP contribution in [0.3, 0.4) is 0 Å². The van der Waals surface area contributed by atoms with Crippen molar-refractivity contribution in [2.45, 2.75) is 33.1 Å². The monoisotopic (exact) mass is 495 g/mol. The van der Waals surface area contributed by atoms with Crippen LogP contribution in [0.1, 0.15) is 30.8 Å². The Balaban J connectivity index is 1.71. The molecular weight excluding hydrogens is 471 g/mol. The Kier molecular flexibility index (Phi) is 7.25. The number of Topliss-reactive ketones (excluding diaryl/α,β-unsaturated/α-hetero) is 1. The number of anilines is 2. The van der Waals surface area contributed by atoms with E-state index < -0.39 is 11.7 Å². The summed E-state index contributed by atoms with van der Waals surface area (Å²) < 4.78 is 45.7. The third-order valence-corrected chi connectivity index (χ3v) is 5.47. The molecule has 0 atom stereocenters. The lowest BCUT2D eigenvalue weighted by Gasteiger charge is -2.13. The van der Waals surface area contributed by atoms with Crippen LogP contribution in [0, 0.1) is 5.92 Å². The molecule has 0 unspecified atom stereocenters. The van der Waals surface area contributed by atoms with Crippen molar-refractivity contribution in [3.63, 3.8) is 0 Å². The number of carbonyl (C=O) groups is 1. The zero-order valence-corrected chi connectivity index (χ0v) is 19.9. The van der Waals surface area contributed by atoms with E-state index in [1.54, 1.807) is 6.07 Å². The first kappa shape index (κ1) is 25.2. The van der Waals surface area contributed by atoms with E-state index >= 15 is 0 Å². The Hall–Kier alpha value is -3.92. The van der Waals surface area contributed by atoms with Crippen LogP contribution in [0.15, 0.2) is 54.7 Å². The molecule has 0 aliphatic carbocycles. The minimum absolute atomic E-state index is 0.0370. The quantitative estimate of drug-likeness (QED) is 0.332. The summed E-state index contributed by atoms with van der Waals surface area (Å²) in [5, 5.41) is 3.73. The van der Waals surface area contributed by atoms with Crippen LogP contribution < -0.4 is 5.32 Å². The third-order valence-electron chi connectivity index (χ3n) is 5.47. The van der Waals surface area contributed by atoms with Crippen molar-refractivity contribution < 1.29 is 22.7 Å². The normalized spacial score (nSPS) is 11.8. The Bertz CT molecular complexity index is 1390. The first-order valence-corrected chi connectivity index (χ1v) is 11.2. The molecule has 0 fully saturated rings. The maximum absolute atomic E-state index is 13.5. The predicted molar refractivity (Wildman–Crippen MR) is 130 cm³/mol. The molecule has 1 N–H and O–H groups in total. The summed E-state index contributed by atoms with van der Waals surface area (Å²) in [6.07, 6.45) is -2.93. The third kappa shape index (κ3) is 5.65. The summed E-state index contributed by atoms with van der Waals surface area (Å²) >= 11 is 0. The van der Waals surface area contributed by atoms with E-state index in [1.807, 2.05) is 38.1 Å². The van der Waals surface area contributed by atoms with Gasteiger partial charge in [0.25, 0.3) is 0 Å². The molecule has 1 aromatic carbocycles. The number of rotatable bonds is 8. The smallest absolute Gasteiger partial charge is 0.377 e. The van der Waals surface area contributed by atoms with Gasteiger partial charge in [0.1, 0.15) is 23.9 Å². The van der Waals surface area contributed by atoms with Crippen molar-refractivity contribution in [3.05, 3.63) is 71.7 Å². The van der Waals surface area contributed by atoms with Gasteiger partial charge in [0, 0.05) is 31.3 Å². The summed E-state index contributed by atoms with van der Waals surface area (Å²) in [5.74, 6) is 0.859. The van der Waals surface area contributed by atoms with Crippen molar-refractivity contribution in [3.8, 4) is 11.4 Å². The molecule has 0 amide bonds. The number of benzene rings is 1. The van der Waals surface area contributed by atoms with E-state index in [9.17, 15) is 18.0 Å². The number of pyridine rings is 2. The zero-order valence-electron chi connectivity index (χ0n) is 19.9. The lowest BCUT2D eigenvalue weighted by Crippen LogP contribution is -2.10.